The molecule has 0 fully saturated rings. The highest BCUT2D eigenvalue weighted by molar-refractivity contribution is 7.98. The fourth-order valence-electron chi connectivity index (χ4n) is 4.08. The second-order valence-electron chi connectivity index (χ2n) is 7.48. The Hall–Kier alpha value is -2.85. The summed E-state index contributed by atoms with van der Waals surface area (Å²) in [4.78, 5) is 18.3. The molecule has 0 N–H and O–H groups in total. The van der Waals surface area contributed by atoms with E-state index < -0.39 is 0 Å². The predicted octanol–water partition coefficient (Wildman–Crippen LogP) is 5.23. The molecule has 29 heavy (non-hydrogen) atoms. The summed E-state index contributed by atoms with van der Waals surface area (Å²) in [6.07, 6.45) is 2.79. The number of benzene rings is 3. The minimum Gasteiger partial charge on any atom is -0.283 e. The second-order valence-corrected chi connectivity index (χ2v) is 8.42. The highest BCUT2D eigenvalue weighted by Crippen LogP contribution is 2.26. The van der Waals surface area contributed by atoms with Crippen LogP contribution in [0.5, 0.6) is 0 Å². The van der Waals surface area contributed by atoms with E-state index in [2.05, 4.69) is 66.7 Å². The third-order valence-electron chi connectivity index (χ3n) is 5.57. The lowest BCUT2D eigenvalue weighted by Crippen LogP contribution is -2.27. The molecular formula is C25H22N2OS. The van der Waals surface area contributed by atoms with Crippen molar-refractivity contribution in [3.05, 3.63) is 106 Å². The fraction of sp³-hybridized carbons (Fsp3) is 0.200. The van der Waals surface area contributed by atoms with Gasteiger partial charge in [-0.25, -0.2) is 4.98 Å². The number of thioether (sulfide) groups is 1. The second kappa shape index (κ2) is 7.88. The Kier molecular flexibility index (Phi) is 4.94. The lowest BCUT2D eigenvalue weighted by Gasteiger charge is -2.15. The van der Waals surface area contributed by atoms with Crippen LogP contribution >= 0.6 is 11.8 Å². The lowest BCUT2D eigenvalue weighted by atomic mass is 10.0. The van der Waals surface area contributed by atoms with E-state index in [9.17, 15) is 4.79 Å². The van der Waals surface area contributed by atoms with E-state index >= 15 is 0 Å². The highest BCUT2D eigenvalue weighted by Gasteiger charge is 2.21. The molecule has 3 aromatic carbocycles. The van der Waals surface area contributed by atoms with E-state index in [1.165, 1.54) is 16.3 Å². The molecule has 0 radical (unpaired) electrons. The Morgan fingerprint density at radius 3 is 2.59 bits per heavy atom. The first-order valence-electron chi connectivity index (χ1n) is 10.1. The van der Waals surface area contributed by atoms with E-state index in [1.54, 1.807) is 11.8 Å². The van der Waals surface area contributed by atoms with Crippen molar-refractivity contribution in [1.29, 1.82) is 0 Å². The Morgan fingerprint density at radius 2 is 1.69 bits per heavy atom. The van der Waals surface area contributed by atoms with E-state index in [-0.39, 0.29) is 5.56 Å². The molecule has 1 aliphatic carbocycles. The number of nitrogens with zero attached hydrogens (tertiary/aromatic N) is 2. The van der Waals surface area contributed by atoms with Gasteiger partial charge in [-0.05, 0) is 41.2 Å². The van der Waals surface area contributed by atoms with Gasteiger partial charge < -0.3 is 0 Å². The zero-order valence-electron chi connectivity index (χ0n) is 16.2. The molecule has 0 atom stereocenters. The first-order chi connectivity index (χ1) is 14.3. The quantitative estimate of drug-likeness (QED) is 0.341. The number of hydrogen-bond donors (Lipinski definition) is 0. The maximum Gasteiger partial charge on any atom is 0.257 e. The van der Waals surface area contributed by atoms with Crippen LogP contribution in [-0.4, -0.2) is 9.55 Å². The summed E-state index contributed by atoms with van der Waals surface area (Å²) in [5.41, 5.74) is 4.44. The van der Waals surface area contributed by atoms with Gasteiger partial charge in [-0.3, -0.25) is 9.36 Å². The van der Waals surface area contributed by atoms with Crippen molar-refractivity contribution in [2.75, 3.05) is 0 Å². The van der Waals surface area contributed by atoms with Gasteiger partial charge in [0.15, 0.2) is 5.16 Å². The molecule has 1 aromatic heterocycles. The van der Waals surface area contributed by atoms with Crippen molar-refractivity contribution in [3.63, 3.8) is 0 Å². The summed E-state index contributed by atoms with van der Waals surface area (Å²) in [7, 11) is 0. The number of fused-ring (bicyclic) bond motifs is 2. The van der Waals surface area contributed by atoms with Crippen LogP contribution in [0.1, 0.15) is 28.8 Å². The zero-order chi connectivity index (χ0) is 19.6. The van der Waals surface area contributed by atoms with E-state index in [0.717, 1.165) is 47.0 Å². The van der Waals surface area contributed by atoms with Crippen molar-refractivity contribution >= 4 is 22.5 Å². The lowest BCUT2D eigenvalue weighted by molar-refractivity contribution is 0.634. The maximum atomic E-state index is 13.3. The van der Waals surface area contributed by atoms with Crippen LogP contribution in [0.25, 0.3) is 10.8 Å². The van der Waals surface area contributed by atoms with Gasteiger partial charge >= 0.3 is 0 Å². The molecule has 4 heteroatoms. The van der Waals surface area contributed by atoms with Gasteiger partial charge in [0, 0.05) is 11.3 Å². The van der Waals surface area contributed by atoms with E-state index in [1.807, 2.05) is 10.6 Å². The SMILES string of the molecule is O=c1c2c(nc(SCc3ccccc3)n1Cc1cccc3ccccc13)CCC2. The van der Waals surface area contributed by atoms with Crippen LogP contribution in [0, 0.1) is 0 Å². The fourth-order valence-corrected chi connectivity index (χ4v) is 5.05. The topological polar surface area (TPSA) is 34.9 Å². The largest absolute Gasteiger partial charge is 0.283 e. The summed E-state index contributed by atoms with van der Waals surface area (Å²) in [6, 6.07) is 25.0. The normalized spacial score (nSPS) is 13.0. The van der Waals surface area contributed by atoms with E-state index in [0.29, 0.717) is 6.54 Å². The minimum atomic E-state index is 0.135. The standard InChI is InChI=1S/C25H22N2OS/c28-24-22-14-7-15-23(22)26-25(29-17-18-8-2-1-3-9-18)27(24)16-20-12-6-11-19-10-4-5-13-21(19)20/h1-6,8-13H,7,14-17H2. The first kappa shape index (κ1) is 18.2. The average molecular weight is 399 g/mol. The first-order valence-corrected chi connectivity index (χ1v) is 11.0. The third-order valence-corrected chi connectivity index (χ3v) is 6.62. The summed E-state index contributed by atoms with van der Waals surface area (Å²) in [5.74, 6) is 0.807. The van der Waals surface area contributed by atoms with Crippen molar-refractivity contribution in [3.8, 4) is 0 Å². The molecule has 4 aromatic rings. The highest BCUT2D eigenvalue weighted by atomic mass is 32.2. The van der Waals surface area contributed by atoms with Gasteiger partial charge in [0.1, 0.15) is 0 Å². The number of aryl methyl sites for hydroxylation is 1. The Morgan fingerprint density at radius 1 is 0.897 bits per heavy atom. The minimum absolute atomic E-state index is 0.135. The molecule has 0 bridgehead atoms. The molecule has 0 saturated heterocycles. The Balaban J connectivity index is 1.56. The molecule has 0 aliphatic heterocycles. The number of hydrogen-bond acceptors (Lipinski definition) is 3. The number of aromatic nitrogens is 2. The van der Waals surface area contributed by atoms with Crippen LogP contribution in [0.4, 0.5) is 0 Å². The van der Waals surface area contributed by atoms with Crippen LogP contribution in [0.2, 0.25) is 0 Å². The maximum absolute atomic E-state index is 13.3. The van der Waals surface area contributed by atoms with Crippen molar-refractivity contribution in [1.82, 2.24) is 9.55 Å². The van der Waals surface area contributed by atoms with Gasteiger partial charge in [-0.2, -0.15) is 0 Å². The third kappa shape index (κ3) is 3.60. The summed E-state index contributed by atoms with van der Waals surface area (Å²) >= 11 is 1.66. The molecule has 144 valence electrons. The average Bonchev–Trinajstić information content (AvgIpc) is 3.24. The van der Waals surface area contributed by atoms with Gasteiger partial charge in [0.2, 0.25) is 0 Å². The van der Waals surface area contributed by atoms with Crippen LogP contribution in [0.3, 0.4) is 0 Å². The van der Waals surface area contributed by atoms with Crippen molar-refractivity contribution in [2.45, 2.75) is 36.7 Å². The molecule has 1 aliphatic rings. The molecule has 0 amide bonds. The molecule has 3 nitrogen and oxygen atoms in total. The van der Waals surface area contributed by atoms with Crippen molar-refractivity contribution in [2.24, 2.45) is 0 Å². The molecule has 1 heterocycles. The van der Waals surface area contributed by atoms with Crippen LogP contribution in [0.15, 0.2) is 82.7 Å². The molecule has 0 unspecified atom stereocenters. The summed E-state index contributed by atoms with van der Waals surface area (Å²) in [5, 5.41) is 3.22. The van der Waals surface area contributed by atoms with Crippen molar-refractivity contribution < 1.29 is 0 Å². The van der Waals surface area contributed by atoms with Gasteiger partial charge in [-0.15, -0.1) is 0 Å². The molecule has 0 saturated carbocycles. The molecular weight excluding hydrogens is 376 g/mol. The predicted molar refractivity (Wildman–Crippen MR) is 120 cm³/mol. The van der Waals surface area contributed by atoms with Gasteiger partial charge in [0.25, 0.3) is 5.56 Å². The van der Waals surface area contributed by atoms with Crippen LogP contribution < -0.4 is 5.56 Å². The van der Waals surface area contributed by atoms with Crippen LogP contribution in [-0.2, 0) is 25.1 Å². The molecule has 0 spiro atoms. The summed E-state index contributed by atoms with van der Waals surface area (Å²) in [6.45, 7) is 0.553. The number of rotatable bonds is 5. The van der Waals surface area contributed by atoms with Gasteiger partial charge in [-0.1, -0.05) is 84.6 Å². The zero-order valence-corrected chi connectivity index (χ0v) is 17.0. The summed E-state index contributed by atoms with van der Waals surface area (Å²) < 4.78 is 1.89. The smallest absolute Gasteiger partial charge is 0.257 e. The Bertz CT molecular complexity index is 1230. The van der Waals surface area contributed by atoms with E-state index in [4.69, 9.17) is 4.98 Å². The molecule has 5 rings (SSSR count). The van der Waals surface area contributed by atoms with Gasteiger partial charge in [0.05, 0.1) is 12.2 Å². The Labute approximate surface area is 174 Å². The monoisotopic (exact) mass is 398 g/mol.